The maximum absolute atomic E-state index is 12.1. The Bertz CT molecular complexity index is 465. The molecule has 2 aliphatic rings. The second-order valence-electron chi connectivity index (χ2n) is 5.40. The zero-order valence-corrected chi connectivity index (χ0v) is 11.6. The number of rotatable bonds is 4. The van der Waals surface area contributed by atoms with E-state index in [2.05, 4.69) is 4.90 Å². The minimum atomic E-state index is 0.168. The Labute approximate surface area is 118 Å². The molecule has 0 spiro atoms. The standard InChI is InChI=1S/C15H18ClNO2/c16-12-3-1-2-11(8-12)15(18)6-7-17-9-13-4-5-14(10-17)19-13/h1-3,8,13-14H,4-7,9-10H2. The molecule has 2 heterocycles. The number of morpholine rings is 1. The van der Waals surface area contributed by atoms with Crippen LogP contribution in [0.2, 0.25) is 5.02 Å². The summed E-state index contributed by atoms with van der Waals surface area (Å²) < 4.78 is 5.79. The largest absolute Gasteiger partial charge is 0.372 e. The second kappa shape index (κ2) is 5.61. The molecule has 0 saturated carbocycles. The van der Waals surface area contributed by atoms with Gasteiger partial charge in [0.25, 0.3) is 0 Å². The van der Waals surface area contributed by atoms with E-state index >= 15 is 0 Å². The summed E-state index contributed by atoms with van der Waals surface area (Å²) in [5, 5.41) is 0.621. The molecule has 2 atom stereocenters. The molecule has 3 rings (SSSR count). The third kappa shape index (κ3) is 3.16. The van der Waals surface area contributed by atoms with Gasteiger partial charge in [-0.1, -0.05) is 23.7 Å². The van der Waals surface area contributed by atoms with Crippen molar-refractivity contribution >= 4 is 17.4 Å². The minimum absolute atomic E-state index is 0.168. The first-order valence-electron chi connectivity index (χ1n) is 6.87. The van der Waals surface area contributed by atoms with Gasteiger partial charge in [0, 0.05) is 36.6 Å². The Balaban J connectivity index is 1.53. The number of halogens is 1. The number of hydrogen-bond donors (Lipinski definition) is 0. The SMILES string of the molecule is O=C(CCN1CC2CCC(C1)O2)c1cccc(Cl)c1. The first kappa shape index (κ1) is 13.1. The van der Waals surface area contributed by atoms with Crippen molar-refractivity contribution in [2.45, 2.75) is 31.5 Å². The van der Waals surface area contributed by atoms with Crippen molar-refractivity contribution in [2.24, 2.45) is 0 Å². The Morgan fingerprint density at radius 2 is 2.05 bits per heavy atom. The van der Waals surface area contributed by atoms with Crippen LogP contribution in [0.5, 0.6) is 0 Å². The van der Waals surface area contributed by atoms with E-state index in [9.17, 15) is 4.79 Å². The van der Waals surface area contributed by atoms with Crippen molar-refractivity contribution in [3.63, 3.8) is 0 Å². The maximum atomic E-state index is 12.1. The molecule has 1 aromatic rings. The molecule has 2 aliphatic heterocycles. The van der Waals surface area contributed by atoms with Gasteiger partial charge in [0.2, 0.25) is 0 Å². The molecule has 2 unspecified atom stereocenters. The number of hydrogen-bond acceptors (Lipinski definition) is 3. The molecule has 0 radical (unpaired) electrons. The summed E-state index contributed by atoms with van der Waals surface area (Å²) in [6.45, 7) is 2.76. The van der Waals surface area contributed by atoms with Crippen molar-refractivity contribution in [1.82, 2.24) is 4.90 Å². The van der Waals surface area contributed by atoms with Crippen LogP contribution in [0.3, 0.4) is 0 Å². The van der Waals surface area contributed by atoms with Gasteiger partial charge in [-0.3, -0.25) is 9.69 Å². The van der Waals surface area contributed by atoms with Gasteiger partial charge in [-0.25, -0.2) is 0 Å². The van der Waals surface area contributed by atoms with Crippen LogP contribution in [-0.4, -0.2) is 42.5 Å². The van der Waals surface area contributed by atoms with Crippen molar-refractivity contribution in [3.05, 3.63) is 34.9 Å². The van der Waals surface area contributed by atoms with Crippen LogP contribution in [0.15, 0.2) is 24.3 Å². The van der Waals surface area contributed by atoms with Gasteiger partial charge >= 0.3 is 0 Å². The molecule has 0 amide bonds. The van der Waals surface area contributed by atoms with Crippen molar-refractivity contribution in [3.8, 4) is 0 Å². The number of likely N-dealkylation sites (tertiary alicyclic amines) is 1. The highest BCUT2D eigenvalue weighted by molar-refractivity contribution is 6.31. The topological polar surface area (TPSA) is 29.5 Å². The summed E-state index contributed by atoms with van der Waals surface area (Å²) in [4.78, 5) is 14.5. The van der Waals surface area contributed by atoms with Gasteiger partial charge < -0.3 is 4.74 Å². The average Bonchev–Trinajstić information content (AvgIpc) is 2.75. The summed E-state index contributed by atoms with van der Waals surface area (Å²) in [6, 6.07) is 7.19. The normalized spacial score (nSPS) is 26.6. The lowest BCUT2D eigenvalue weighted by molar-refractivity contribution is -0.0379. The lowest BCUT2D eigenvalue weighted by atomic mass is 10.1. The number of Topliss-reactive ketones (excluding diaryl/α,β-unsaturated/α-hetero) is 1. The summed E-state index contributed by atoms with van der Waals surface area (Å²) in [5.41, 5.74) is 0.712. The predicted octanol–water partition coefficient (Wildman–Crippen LogP) is 2.78. The number of benzene rings is 1. The molecule has 1 aromatic carbocycles. The fraction of sp³-hybridized carbons (Fsp3) is 0.533. The molecule has 3 nitrogen and oxygen atoms in total. The highest BCUT2D eigenvalue weighted by Crippen LogP contribution is 2.26. The molecule has 0 aromatic heterocycles. The molecule has 2 bridgehead atoms. The number of carbonyl (C=O) groups is 1. The van der Waals surface area contributed by atoms with Gasteiger partial charge in [-0.15, -0.1) is 0 Å². The highest BCUT2D eigenvalue weighted by Gasteiger charge is 2.33. The van der Waals surface area contributed by atoms with Crippen molar-refractivity contribution in [2.75, 3.05) is 19.6 Å². The van der Waals surface area contributed by atoms with E-state index in [1.807, 2.05) is 12.1 Å². The van der Waals surface area contributed by atoms with Gasteiger partial charge in [0.05, 0.1) is 12.2 Å². The smallest absolute Gasteiger partial charge is 0.164 e. The number of ketones is 1. The van der Waals surface area contributed by atoms with E-state index in [0.717, 1.165) is 19.6 Å². The number of fused-ring (bicyclic) bond motifs is 2. The fourth-order valence-electron chi connectivity index (χ4n) is 2.95. The fourth-order valence-corrected chi connectivity index (χ4v) is 3.14. The Morgan fingerprint density at radius 3 is 2.74 bits per heavy atom. The third-order valence-electron chi connectivity index (χ3n) is 3.92. The van der Waals surface area contributed by atoms with Crippen LogP contribution >= 0.6 is 11.6 Å². The molecule has 0 N–H and O–H groups in total. The van der Waals surface area contributed by atoms with E-state index in [4.69, 9.17) is 16.3 Å². The number of ether oxygens (including phenoxy) is 1. The molecule has 2 fully saturated rings. The first-order chi connectivity index (χ1) is 9.20. The van der Waals surface area contributed by atoms with Crippen molar-refractivity contribution in [1.29, 1.82) is 0 Å². The highest BCUT2D eigenvalue weighted by atomic mass is 35.5. The van der Waals surface area contributed by atoms with Gasteiger partial charge in [-0.2, -0.15) is 0 Å². The van der Waals surface area contributed by atoms with Crippen LogP contribution in [0.1, 0.15) is 29.6 Å². The van der Waals surface area contributed by atoms with Gasteiger partial charge in [-0.05, 0) is 25.0 Å². The average molecular weight is 280 g/mol. The van der Waals surface area contributed by atoms with Gasteiger partial charge in [0.1, 0.15) is 0 Å². The lowest BCUT2D eigenvalue weighted by Gasteiger charge is -2.31. The Hall–Kier alpha value is -0.900. The second-order valence-corrected chi connectivity index (χ2v) is 5.84. The number of carbonyl (C=O) groups excluding carboxylic acids is 1. The zero-order chi connectivity index (χ0) is 13.2. The van der Waals surface area contributed by atoms with Crippen molar-refractivity contribution < 1.29 is 9.53 Å². The van der Waals surface area contributed by atoms with E-state index in [-0.39, 0.29) is 5.78 Å². The minimum Gasteiger partial charge on any atom is -0.372 e. The first-order valence-corrected chi connectivity index (χ1v) is 7.25. The van der Waals surface area contributed by atoms with E-state index < -0.39 is 0 Å². The predicted molar refractivity (Wildman–Crippen MR) is 74.7 cm³/mol. The van der Waals surface area contributed by atoms with Crippen LogP contribution in [0, 0.1) is 0 Å². The summed E-state index contributed by atoms with van der Waals surface area (Å²) in [5.74, 6) is 0.168. The van der Waals surface area contributed by atoms with Crippen LogP contribution in [0.25, 0.3) is 0 Å². The third-order valence-corrected chi connectivity index (χ3v) is 4.16. The van der Waals surface area contributed by atoms with E-state index in [1.54, 1.807) is 12.1 Å². The molecular weight excluding hydrogens is 262 g/mol. The molecule has 102 valence electrons. The molecular formula is C15H18ClNO2. The molecule has 2 saturated heterocycles. The Kier molecular flexibility index (Phi) is 3.87. The maximum Gasteiger partial charge on any atom is 0.164 e. The molecule has 0 aliphatic carbocycles. The molecule has 4 heteroatoms. The van der Waals surface area contributed by atoms with Crippen LogP contribution in [-0.2, 0) is 4.74 Å². The van der Waals surface area contributed by atoms with E-state index in [1.165, 1.54) is 12.8 Å². The van der Waals surface area contributed by atoms with Crippen LogP contribution < -0.4 is 0 Å². The van der Waals surface area contributed by atoms with Gasteiger partial charge in [0.15, 0.2) is 5.78 Å². The summed E-state index contributed by atoms with van der Waals surface area (Å²) in [6.07, 6.45) is 3.67. The zero-order valence-electron chi connectivity index (χ0n) is 10.8. The summed E-state index contributed by atoms with van der Waals surface area (Å²) in [7, 11) is 0. The van der Waals surface area contributed by atoms with E-state index in [0.29, 0.717) is 29.2 Å². The molecule has 19 heavy (non-hydrogen) atoms. The van der Waals surface area contributed by atoms with Crippen LogP contribution in [0.4, 0.5) is 0 Å². The number of nitrogens with zero attached hydrogens (tertiary/aromatic N) is 1. The monoisotopic (exact) mass is 279 g/mol. The Morgan fingerprint density at radius 1 is 1.32 bits per heavy atom. The lowest BCUT2D eigenvalue weighted by Crippen LogP contribution is -2.43. The summed E-state index contributed by atoms with van der Waals surface area (Å²) >= 11 is 5.91. The quantitative estimate of drug-likeness (QED) is 0.794.